The molecular weight excluding hydrogens is 276 g/mol. The van der Waals surface area contributed by atoms with E-state index in [4.69, 9.17) is 9.15 Å². The average molecular weight is 296 g/mol. The third-order valence-electron chi connectivity index (χ3n) is 4.22. The van der Waals surface area contributed by atoms with Gasteiger partial charge in [-0.05, 0) is 55.9 Å². The van der Waals surface area contributed by atoms with E-state index in [1.807, 2.05) is 12.1 Å². The van der Waals surface area contributed by atoms with Crippen molar-refractivity contribution in [1.82, 2.24) is 0 Å². The summed E-state index contributed by atoms with van der Waals surface area (Å²) >= 11 is 0. The highest BCUT2D eigenvalue weighted by Gasteiger charge is 2.15. The number of hydrogen-bond donors (Lipinski definition) is 0. The number of ether oxygens (including phenoxy) is 1. The second-order valence-electron chi connectivity index (χ2n) is 5.92. The summed E-state index contributed by atoms with van der Waals surface area (Å²) < 4.78 is 11.0. The number of allylic oxidation sites excluding steroid dienone is 2. The maximum absolute atomic E-state index is 11.3. The van der Waals surface area contributed by atoms with Gasteiger partial charge in [-0.1, -0.05) is 18.2 Å². The molecule has 0 saturated heterocycles. The molecule has 0 radical (unpaired) electrons. The van der Waals surface area contributed by atoms with Gasteiger partial charge in [0.15, 0.2) is 0 Å². The van der Waals surface area contributed by atoms with E-state index in [1.165, 1.54) is 17.2 Å². The Morgan fingerprint density at radius 2 is 2.18 bits per heavy atom. The van der Waals surface area contributed by atoms with Crippen LogP contribution in [0.4, 0.5) is 0 Å². The van der Waals surface area contributed by atoms with E-state index < -0.39 is 0 Å². The lowest BCUT2D eigenvalue weighted by Crippen LogP contribution is -2.11. The monoisotopic (exact) mass is 296 g/mol. The third-order valence-corrected chi connectivity index (χ3v) is 4.22. The minimum absolute atomic E-state index is 0.342. The maximum Gasteiger partial charge on any atom is 0.336 e. The van der Waals surface area contributed by atoms with Gasteiger partial charge in [0, 0.05) is 17.5 Å². The van der Waals surface area contributed by atoms with Crippen molar-refractivity contribution in [3.05, 3.63) is 64.6 Å². The molecule has 0 bridgehead atoms. The number of rotatable bonds is 4. The van der Waals surface area contributed by atoms with Crippen LogP contribution in [-0.2, 0) is 0 Å². The molecule has 0 N–H and O–H groups in total. The number of fused-ring (bicyclic) bond motifs is 1. The minimum Gasteiger partial charge on any atom is -0.489 e. The maximum atomic E-state index is 11.3. The van der Waals surface area contributed by atoms with Crippen LogP contribution in [0.15, 0.2) is 63.3 Å². The standard InChI is InChI=1S/C19H20O3/c1-13(2)15-5-3-14(4-6-15)12-21-17-9-7-16-8-10-19(20)22-18(16)11-17/h3,7-11,15H,1,4-6,12H2,2H3. The van der Waals surface area contributed by atoms with Crippen LogP contribution in [0.5, 0.6) is 5.75 Å². The molecule has 3 heteroatoms. The zero-order valence-corrected chi connectivity index (χ0v) is 12.8. The Kier molecular flexibility index (Phi) is 4.14. The first-order chi connectivity index (χ1) is 10.6. The molecule has 1 unspecified atom stereocenters. The van der Waals surface area contributed by atoms with E-state index in [0.29, 0.717) is 18.1 Å². The van der Waals surface area contributed by atoms with Crippen LogP contribution in [0.2, 0.25) is 0 Å². The molecule has 1 aromatic carbocycles. The molecule has 22 heavy (non-hydrogen) atoms. The van der Waals surface area contributed by atoms with Crippen molar-refractivity contribution < 1.29 is 9.15 Å². The smallest absolute Gasteiger partial charge is 0.336 e. The Hall–Kier alpha value is -2.29. The molecule has 2 aromatic rings. The van der Waals surface area contributed by atoms with Gasteiger partial charge < -0.3 is 9.15 Å². The van der Waals surface area contributed by atoms with Crippen LogP contribution in [0.3, 0.4) is 0 Å². The van der Waals surface area contributed by atoms with Gasteiger partial charge in [-0.3, -0.25) is 0 Å². The van der Waals surface area contributed by atoms with Crippen molar-refractivity contribution in [3.8, 4) is 5.75 Å². The van der Waals surface area contributed by atoms with Crippen LogP contribution in [-0.4, -0.2) is 6.61 Å². The summed E-state index contributed by atoms with van der Waals surface area (Å²) in [6.45, 7) is 6.73. The molecule has 3 nitrogen and oxygen atoms in total. The topological polar surface area (TPSA) is 39.4 Å². The molecule has 0 amide bonds. The summed E-state index contributed by atoms with van der Waals surface area (Å²) in [5.74, 6) is 1.34. The van der Waals surface area contributed by atoms with E-state index in [-0.39, 0.29) is 5.63 Å². The Bertz CT molecular complexity index is 783. The number of benzene rings is 1. The molecule has 1 aromatic heterocycles. The summed E-state index contributed by atoms with van der Waals surface area (Å²) in [4.78, 5) is 11.3. The fourth-order valence-corrected chi connectivity index (χ4v) is 2.77. The number of hydrogen-bond acceptors (Lipinski definition) is 3. The predicted octanol–water partition coefficient (Wildman–Crippen LogP) is 4.47. The van der Waals surface area contributed by atoms with E-state index in [9.17, 15) is 4.79 Å². The molecule has 0 aliphatic heterocycles. The quantitative estimate of drug-likeness (QED) is 0.617. The molecule has 1 aliphatic carbocycles. The molecule has 0 saturated carbocycles. The van der Waals surface area contributed by atoms with Gasteiger partial charge in [-0.2, -0.15) is 0 Å². The van der Waals surface area contributed by atoms with E-state index >= 15 is 0 Å². The lowest BCUT2D eigenvalue weighted by atomic mass is 9.86. The first kappa shape index (κ1) is 14.6. The zero-order chi connectivity index (χ0) is 15.5. The van der Waals surface area contributed by atoms with Crippen molar-refractivity contribution in [3.63, 3.8) is 0 Å². The summed E-state index contributed by atoms with van der Waals surface area (Å²) in [6, 6.07) is 8.76. The largest absolute Gasteiger partial charge is 0.489 e. The van der Waals surface area contributed by atoms with Gasteiger partial charge in [0.1, 0.15) is 17.9 Å². The van der Waals surface area contributed by atoms with E-state index in [0.717, 1.165) is 30.4 Å². The lowest BCUT2D eigenvalue weighted by molar-refractivity contribution is 0.339. The second kappa shape index (κ2) is 6.22. The highest BCUT2D eigenvalue weighted by molar-refractivity contribution is 5.77. The van der Waals surface area contributed by atoms with Gasteiger partial charge in [0.25, 0.3) is 0 Å². The second-order valence-corrected chi connectivity index (χ2v) is 5.92. The first-order valence-electron chi connectivity index (χ1n) is 7.62. The average Bonchev–Trinajstić information content (AvgIpc) is 2.53. The summed E-state index contributed by atoms with van der Waals surface area (Å²) in [5.41, 5.74) is 2.81. The Labute approximate surface area is 129 Å². The fraction of sp³-hybridized carbons (Fsp3) is 0.316. The Morgan fingerprint density at radius 1 is 1.36 bits per heavy atom. The van der Waals surface area contributed by atoms with E-state index in [2.05, 4.69) is 19.6 Å². The van der Waals surface area contributed by atoms with Crippen LogP contribution >= 0.6 is 0 Å². The summed E-state index contributed by atoms with van der Waals surface area (Å²) in [7, 11) is 0. The molecule has 1 atom stereocenters. The van der Waals surface area contributed by atoms with Gasteiger partial charge >= 0.3 is 5.63 Å². The fourth-order valence-electron chi connectivity index (χ4n) is 2.77. The van der Waals surface area contributed by atoms with Crippen LogP contribution in [0.25, 0.3) is 11.0 Å². The normalized spacial score (nSPS) is 18.0. The van der Waals surface area contributed by atoms with Crippen molar-refractivity contribution >= 4 is 11.0 Å². The highest BCUT2D eigenvalue weighted by Crippen LogP contribution is 2.28. The van der Waals surface area contributed by atoms with Crippen molar-refractivity contribution in [2.24, 2.45) is 5.92 Å². The minimum atomic E-state index is -0.342. The SMILES string of the molecule is C=C(C)C1CC=C(COc2ccc3ccc(=O)oc3c2)CC1. The third kappa shape index (κ3) is 3.30. The summed E-state index contributed by atoms with van der Waals surface area (Å²) in [5, 5.41) is 0.896. The molecule has 1 aliphatic rings. The molecule has 0 fully saturated rings. The predicted molar refractivity (Wildman–Crippen MR) is 88.2 cm³/mol. The molecule has 0 spiro atoms. The highest BCUT2D eigenvalue weighted by atomic mass is 16.5. The summed E-state index contributed by atoms with van der Waals surface area (Å²) in [6.07, 6.45) is 5.53. The molecule has 3 rings (SSSR count). The van der Waals surface area contributed by atoms with Crippen LogP contribution < -0.4 is 10.4 Å². The van der Waals surface area contributed by atoms with Gasteiger partial charge in [-0.25, -0.2) is 4.79 Å². The van der Waals surface area contributed by atoms with E-state index in [1.54, 1.807) is 12.1 Å². The van der Waals surface area contributed by atoms with Crippen LogP contribution in [0.1, 0.15) is 26.2 Å². The van der Waals surface area contributed by atoms with Crippen molar-refractivity contribution in [1.29, 1.82) is 0 Å². The Balaban J connectivity index is 1.67. The zero-order valence-electron chi connectivity index (χ0n) is 12.8. The lowest BCUT2D eigenvalue weighted by Gasteiger charge is -2.22. The Morgan fingerprint density at radius 3 is 2.91 bits per heavy atom. The molecular formula is C19H20O3. The van der Waals surface area contributed by atoms with Crippen molar-refractivity contribution in [2.75, 3.05) is 6.61 Å². The van der Waals surface area contributed by atoms with Gasteiger partial charge in [0.2, 0.25) is 0 Å². The molecule has 114 valence electrons. The van der Waals surface area contributed by atoms with Gasteiger partial charge in [0.05, 0.1) is 0 Å². The molecule has 1 heterocycles. The van der Waals surface area contributed by atoms with Gasteiger partial charge in [-0.15, -0.1) is 0 Å². The first-order valence-corrected chi connectivity index (χ1v) is 7.62. The van der Waals surface area contributed by atoms with Crippen LogP contribution in [0, 0.1) is 5.92 Å². The van der Waals surface area contributed by atoms with Crippen molar-refractivity contribution in [2.45, 2.75) is 26.2 Å².